The summed E-state index contributed by atoms with van der Waals surface area (Å²) in [5, 5.41) is 13.3. The van der Waals surface area contributed by atoms with Gasteiger partial charge in [-0.3, -0.25) is 0 Å². The van der Waals surface area contributed by atoms with Gasteiger partial charge in [0.25, 0.3) is 0 Å². The van der Waals surface area contributed by atoms with Crippen LogP contribution < -0.4 is 4.74 Å². The predicted octanol–water partition coefficient (Wildman–Crippen LogP) is 1.98. The standard InChI is InChI=1S/C13H14N2O3/c1-17-11-5-3-2-4-10(11)12-14-13(18-15-12)8-6-9(16)7-8/h2-5,8-9,16H,6-7H2,1H3. The van der Waals surface area contributed by atoms with E-state index in [1.165, 1.54) is 0 Å². The molecule has 1 N–H and O–H groups in total. The third-order valence-corrected chi connectivity index (χ3v) is 3.25. The highest BCUT2D eigenvalue weighted by molar-refractivity contribution is 5.63. The molecule has 0 radical (unpaired) electrons. The van der Waals surface area contributed by atoms with Crippen molar-refractivity contribution in [1.82, 2.24) is 10.1 Å². The molecule has 1 aliphatic rings. The van der Waals surface area contributed by atoms with E-state index in [0.717, 1.165) is 11.3 Å². The lowest BCUT2D eigenvalue weighted by Gasteiger charge is -2.27. The number of ether oxygens (including phenoxy) is 1. The fourth-order valence-electron chi connectivity index (χ4n) is 2.13. The highest BCUT2D eigenvalue weighted by atomic mass is 16.5. The molecule has 1 aromatic carbocycles. The van der Waals surface area contributed by atoms with E-state index in [-0.39, 0.29) is 12.0 Å². The summed E-state index contributed by atoms with van der Waals surface area (Å²) >= 11 is 0. The van der Waals surface area contributed by atoms with Gasteiger partial charge in [-0.2, -0.15) is 4.98 Å². The van der Waals surface area contributed by atoms with Crippen molar-refractivity contribution in [3.8, 4) is 17.1 Å². The SMILES string of the molecule is COc1ccccc1-c1noc(C2CC(O)C2)n1. The average molecular weight is 246 g/mol. The Morgan fingerprint density at radius 3 is 2.83 bits per heavy atom. The first kappa shape index (κ1) is 11.2. The first-order chi connectivity index (χ1) is 8.78. The summed E-state index contributed by atoms with van der Waals surface area (Å²) in [5.41, 5.74) is 0.815. The Bertz CT molecular complexity index is 547. The van der Waals surface area contributed by atoms with Gasteiger partial charge in [-0.25, -0.2) is 0 Å². The van der Waals surface area contributed by atoms with Gasteiger partial charge in [-0.1, -0.05) is 17.3 Å². The van der Waals surface area contributed by atoms with Crippen molar-refractivity contribution < 1.29 is 14.4 Å². The molecule has 0 amide bonds. The topological polar surface area (TPSA) is 68.4 Å². The van der Waals surface area contributed by atoms with Crippen LogP contribution in [0.1, 0.15) is 24.7 Å². The third-order valence-electron chi connectivity index (χ3n) is 3.25. The van der Waals surface area contributed by atoms with Gasteiger partial charge in [0.15, 0.2) is 0 Å². The number of aliphatic hydroxyl groups is 1. The molecule has 0 atom stereocenters. The van der Waals surface area contributed by atoms with Crippen molar-refractivity contribution in [3.63, 3.8) is 0 Å². The Hall–Kier alpha value is -1.88. The van der Waals surface area contributed by atoms with E-state index in [1.54, 1.807) is 7.11 Å². The Balaban J connectivity index is 1.88. The summed E-state index contributed by atoms with van der Waals surface area (Å²) in [6, 6.07) is 7.55. The molecule has 1 saturated carbocycles. The summed E-state index contributed by atoms with van der Waals surface area (Å²) < 4.78 is 10.5. The Kier molecular flexibility index (Phi) is 2.76. The molecule has 1 fully saturated rings. The monoisotopic (exact) mass is 246 g/mol. The molecule has 0 unspecified atom stereocenters. The van der Waals surface area contributed by atoms with Crippen molar-refractivity contribution in [2.45, 2.75) is 24.9 Å². The molecule has 5 nitrogen and oxygen atoms in total. The van der Waals surface area contributed by atoms with Gasteiger partial charge in [0.05, 0.1) is 18.8 Å². The number of aromatic nitrogens is 2. The molecule has 0 aliphatic heterocycles. The number of aliphatic hydroxyl groups excluding tert-OH is 1. The van der Waals surface area contributed by atoms with E-state index < -0.39 is 0 Å². The minimum Gasteiger partial charge on any atom is -0.496 e. The second-order valence-corrected chi connectivity index (χ2v) is 4.48. The average Bonchev–Trinajstić information content (AvgIpc) is 2.84. The first-order valence-electron chi connectivity index (χ1n) is 5.93. The van der Waals surface area contributed by atoms with Crippen molar-refractivity contribution in [2.24, 2.45) is 0 Å². The highest BCUT2D eigenvalue weighted by Crippen LogP contribution is 2.37. The normalized spacial score (nSPS) is 22.6. The van der Waals surface area contributed by atoms with E-state index >= 15 is 0 Å². The largest absolute Gasteiger partial charge is 0.496 e. The van der Waals surface area contributed by atoms with Gasteiger partial charge < -0.3 is 14.4 Å². The molecule has 1 heterocycles. The van der Waals surface area contributed by atoms with Crippen LogP contribution in [0.15, 0.2) is 28.8 Å². The molecular weight excluding hydrogens is 232 g/mol. The van der Waals surface area contributed by atoms with Crippen LogP contribution in [0.3, 0.4) is 0 Å². The molecule has 0 bridgehead atoms. The molecule has 1 aliphatic carbocycles. The molecule has 2 aromatic rings. The predicted molar refractivity (Wildman–Crippen MR) is 64.3 cm³/mol. The van der Waals surface area contributed by atoms with E-state index in [9.17, 15) is 5.11 Å². The van der Waals surface area contributed by atoms with Gasteiger partial charge in [0.1, 0.15) is 5.75 Å². The molecule has 0 spiro atoms. The van der Waals surface area contributed by atoms with Crippen LogP contribution in [0.5, 0.6) is 5.75 Å². The number of benzene rings is 1. The van der Waals surface area contributed by atoms with Crippen molar-refractivity contribution in [1.29, 1.82) is 0 Å². The number of methoxy groups -OCH3 is 1. The summed E-state index contributed by atoms with van der Waals surface area (Å²) in [5.74, 6) is 2.04. The second kappa shape index (κ2) is 4.42. The molecular formula is C13H14N2O3. The van der Waals surface area contributed by atoms with Crippen molar-refractivity contribution >= 4 is 0 Å². The third kappa shape index (κ3) is 1.86. The minimum absolute atomic E-state index is 0.191. The molecule has 94 valence electrons. The molecule has 3 rings (SSSR count). The van der Waals surface area contributed by atoms with Gasteiger partial charge in [-0.05, 0) is 25.0 Å². The Morgan fingerprint density at radius 1 is 1.33 bits per heavy atom. The minimum atomic E-state index is -0.225. The van der Waals surface area contributed by atoms with Crippen LogP contribution in [-0.4, -0.2) is 28.5 Å². The van der Waals surface area contributed by atoms with Crippen LogP contribution in [0.25, 0.3) is 11.4 Å². The lowest BCUT2D eigenvalue weighted by Crippen LogP contribution is -2.26. The summed E-state index contributed by atoms with van der Waals surface area (Å²) in [6.45, 7) is 0. The number of para-hydroxylation sites is 1. The number of hydrogen-bond donors (Lipinski definition) is 1. The maximum atomic E-state index is 9.28. The quantitative estimate of drug-likeness (QED) is 0.896. The number of rotatable bonds is 3. The summed E-state index contributed by atoms with van der Waals surface area (Å²) in [4.78, 5) is 4.38. The van der Waals surface area contributed by atoms with Gasteiger partial charge in [0.2, 0.25) is 11.7 Å². The molecule has 5 heteroatoms. The lowest BCUT2D eigenvalue weighted by atomic mass is 9.82. The van der Waals surface area contributed by atoms with E-state index in [2.05, 4.69) is 10.1 Å². The lowest BCUT2D eigenvalue weighted by molar-refractivity contribution is 0.0625. The first-order valence-corrected chi connectivity index (χ1v) is 5.93. The van der Waals surface area contributed by atoms with Gasteiger partial charge in [0, 0.05) is 5.92 Å². The smallest absolute Gasteiger partial charge is 0.230 e. The fourth-order valence-corrected chi connectivity index (χ4v) is 2.13. The zero-order chi connectivity index (χ0) is 12.5. The summed E-state index contributed by atoms with van der Waals surface area (Å²) in [6.07, 6.45) is 1.18. The van der Waals surface area contributed by atoms with E-state index in [1.807, 2.05) is 24.3 Å². The molecule has 0 saturated heterocycles. The fraction of sp³-hybridized carbons (Fsp3) is 0.385. The Labute approximate surface area is 104 Å². The molecule has 18 heavy (non-hydrogen) atoms. The Morgan fingerprint density at radius 2 is 2.11 bits per heavy atom. The van der Waals surface area contributed by atoms with Crippen molar-refractivity contribution in [2.75, 3.05) is 7.11 Å². The second-order valence-electron chi connectivity index (χ2n) is 4.48. The van der Waals surface area contributed by atoms with Gasteiger partial charge >= 0.3 is 0 Å². The number of nitrogens with zero attached hydrogens (tertiary/aromatic N) is 2. The molecule has 1 aromatic heterocycles. The van der Waals surface area contributed by atoms with Crippen LogP contribution in [0.4, 0.5) is 0 Å². The maximum Gasteiger partial charge on any atom is 0.230 e. The summed E-state index contributed by atoms with van der Waals surface area (Å²) in [7, 11) is 1.61. The zero-order valence-electron chi connectivity index (χ0n) is 10.0. The van der Waals surface area contributed by atoms with Crippen LogP contribution >= 0.6 is 0 Å². The zero-order valence-corrected chi connectivity index (χ0v) is 10.0. The van der Waals surface area contributed by atoms with Crippen LogP contribution in [-0.2, 0) is 0 Å². The highest BCUT2D eigenvalue weighted by Gasteiger charge is 2.33. The van der Waals surface area contributed by atoms with Crippen LogP contribution in [0, 0.1) is 0 Å². The van der Waals surface area contributed by atoms with Crippen LogP contribution in [0.2, 0.25) is 0 Å². The van der Waals surface area contributed by atoms with Gasteiger partial charge in [-0.15, -0.1) is 0 Å². The van der Waals surface area contributed by atoms with E-state index in [4.69, 9.17) is 9.26 Å². The maximum absolute atomic E-state index is 9.28. The number of hydrogen-bond acceptors (Lipinski definition) is 5. The van der Waals surface area contributed by atoms with E-state index in [0.29, 0.717) is 24.6 Å². The van der Waals surface area contributed by atoms with Crippen molar-refractivity contribution in [3.05, 3.63) is 30.2 Å².